The SMILES string of the molecule is CCCCOc1ccc(C2/C(=C(\O)c3ccc(OCc4cccc(C)c4)cc3)C(=O)C(=O)N2c2nnc(SCc3ccccc3Cl)s2)cc1OC. The highest BCUT2D eigenvalue weighted by atomic mass is 35.5. The summed E-state index contributed by atoms with van der Waals surface area (Å²) in [5.41, 5.74) is 3.88. The third kappa shape index (κ3) is 8.22. The zero-order valence-corrected chi connectivity index (χ0v) is 30.7. The van der Waals surface area contributed by atoms with Crippen LogP contribution in [0, 0.1) is 6.92 Å². The number of rotatable bonds is 14. The zero-order chi connectivity index (χ0) is 35.9. The van der Waals surface area contributed by atoms with Crippen molar-refractivity contribution in [2.45, 2.75) is 49.4 Å². The van der Waals surface area contributed by atoms with Crippen LogP contribution in [0.3, 0.4) is 0 Å². The van der Waals surface area contributed by atoms with Gasteiger partial charge in [-0.25, -0.2) is 0 Å². The first-order valence-corrected chi connectivity index (χ1v) is 18.6. The van der Waals surface area contributed by atoms with E-state index in [4.69, 9.17) is 25.8 Å². The summed E-state index contributed by atoms with van der Waals surface area (Å²) in [5.74, 6) is 0.0772. The molecule has 0 bridgehead atoms. The summed E-state index contributed by atoms with van der Waals surface area (Å²) in [7, 11) is 1.53. The van der Waals surface area contributed by atoms with E-state index in [1.807, 2.05) is 49.4 Å². The summed E-state index contributed by atoms with van der Waals surface area (Å²) >= 11 is 8.95. The molecule has 51 heavy (non-hydrogen) atoms. The molecule has 9 nitrogen and oxygen atoms in total. The zero-order valence-electron chi connectivity index (χ0n) is 28.3. The lowest BCUT2D eigenvalue weighted by atomic mass is 9.95. The number of halogens is 1. The molecular formula is C39H36ClN3O6S2. The van der Waals surface area contributed by atoms with Gasteiger partial charge in [-0.2, -0.15) is 0 Å². The third-order valence-corrected chi connectivity index (χ3v) is 10.7. The van der Waals surface area contributed by atoms with Crippen molar-refractivity contribution in [1.29, 1.82) is 0 Å². The number of thioether (sulfide) groups is 1. The summed E-state index contributed by atoms with van der Waals surface area (Å²) < 4.78 is 18.2. The highest BCUT2D eigenvalue weighted by Gasteiger charge is 2.48. The van der Waals surface area contributed by atoms with E-state index in [0.717, 1.165) is 29.5 Å². The molecule has 1 saturated heterocycles. The largest absolute Gasteiger partial charge is 0.507 e. The third-order valence-electron chi connectivity index (χ3n) is 8.23. The van der Waals surface area contributed by atoms with Gasteiger partial charge >= 0.3 is 5.91 Å². The normalized spacial score (nSPS) is 15.3. The molecular weight excluding hydrogens is 706 g/mol. The lowest BCUT2D eigenvalue weighted by Crippen LogP contribution is -2.29. The quantitative estimate of drug-likeness (QED) is 0.0297. The number of nitrogens with zero attached hydrogens (tertiary/aromatic N) is 3. The Balaban J connectivity index is 1.34. The van der Waals surface area contributed by atoms with Crippen molar-refractivity contribution in [3.05, 3.63) is 129 Å². The Bertz CT molecular complexity index is 2070. The molecule has 1 N–H and O–H groups in total. The molecule has 1 amide bonds. The van der Waals surface area contributed by atoms with Gasteiger partial charge in [0.05, 0.1) is 25.3 Å². The number of aliphatic hydroxyl groups excluding tert-OH is 1. The van der Waals surface area contributed by atoms with Gasteiger partial charge in [-0.05, 0) is 72.5 Å². The molecule has 4 aromatic carbocycles. The van der Waals surface area contributed by atoms with E-state index in [1.165, 1.54) is 35.1 Å². The van der Waals surface area contributed by atoms with Crippen molar-refractivity contribution in [2.24, 2.45) is 0 Å². The lowest BCUT2D eigenvalue weighted by Gasteiger charge is -2.23. The van der Waals surface area contributed by atoms with Crippen molar-refractivity contribution >= 4 is 57.3 Å². The summed E-state index contributed by atoms with van der Waals surface area (Å²) in [6.07, 6.45) is 1.84. The fourth-order valence-electron chi connectivity index (χ4n) is 5.59. The molecule has 5 aromatic rings. The molecule has 262 valence electrons. The predicted octanol–water partition coefficient (Wildman–Crippen LogP) is 9.19. The van der Waals surface area contributed by atoms with E-state index in [1.54, 1.807) is 42.5 Å². The van der Waals surface area contributed by atoms with Crippen LogP contribution in [0.4, 0.5) is 5.13 Å². The van der Waals surface area contributed by atoms with Gasteiger partial charge in [0.2, 0.25) is 5.13 Å². The molecule has 0 spiro atoms. The number of Topliss-reactive ketones (excluding diaryl/α,β-unsaturated/α-hetero) is 1. The minimum atomic E-state index is -1.03. The number of carbonyl (C=O) groups is 2. The number of unbranched alkanes of at least 4 members (excludes halogenated alkanes) is 1. The fraction of sp³-hybridized carbons (Fsp3) is 0.231. The number of hydrogen-bond acceptors (Lipinski definition) is 10. The molecule has 1 aliphatic heterocycles. The molecule has 2 heterocycles. The molecule has 0 aliphatic carbocycles. The van der Waals surface area contributed by atoms with Gasteiger partial charge in [0, 0.05) is 16.3 Å². The van der Waals surface area contributed by atoms with Crippen LogP contribution in [0.25, 0.3) is 5.76 Å². The number of carbonyl (C=O) groups excluding carboxylic acids is 2. The van der Waals surface area contributed by atoms with Crippen molar-refractivity contribution < 1.29 is 28.9 Å². The van der Waals surface area contributed by atoms with E-state index in [9.17, 15) is 14.7 Å². The van der Waals surface area contributed by atoms with Crippen LogP contribution in [-0.4, -0.2) is 40.7 Å². The Labute approximate surface area is 309 Å². The number of aliphatic hydroxyl groups is 1. The first-order valence-electron chi connectivity index (χ1n) is 16.4. The number of ketones is 1. The summed E-state index contributed by atoms with van der Waals surface area (Å²) in [6, 6.07) is 26.5. The van der Waals surface area contributed by atoms with Gasteiger partial charge in [0.15, 0.2) is 15.8 Å². The molecule has 0 saturated carbocycles. The summed E-state index contributed by atoms with van der Waals surface area (Å²) in [4.78, 5) is 29.0. The molecule has 1 unspecified atom stereocenters. The smallest absolute Gasteiger partial charge is 0.301 e. The molecule has 1 fully saturated rings. The summed E-state index contributed by atoms with van der Waals surface area (Å²) in [5, 5.41) is 21.2. The van der Waals surface area contributed by atoms with E-state index >= 15 is 0 Å². The van der Waals surface area contributed by atoms with Gasteiger partial charge in [-0.1, -0.05) is 102 Å². The maximum absolute atomic E-state index is 13.8. The van der Waals surface area contributed by atoms with Crippen molar-refractivity contribution in [2.75, 3.05) is 18.6 Å². The number of hydrogen-bond donors (Lipinski definition) is 1. The van der Waals surface area contributed by atoms with Crippen molar-refractivity contribution in [1.82, 2.24) is 10.2 Å². The number of benzene rings is 4. The van der Waals surface area contributed by atoms with Gasteiger partial charge in [0.25, 0.3) is 5.78 Å². The standard InChI is InChI=1S/C39H36ClN3O6S2/c1-4-5-19-48-31-18-15-27(21-32(31)47-3)34-33(35(44)26-13-16-29(17-14-26)49-22-25-10-8-9-24(2)20-25)36(45)37(46)43(34)38-41-42-39(51-38)50-23-28-11-6-7-12-30(28)40/h6-18,20-21,34,44H,4-5,19,22-23H2,1-3H3/b35-33+. The minimum Gasteiger partial charge on any atom is -0.507 e. The Morgan fingerprint density at radius 1 is 0.961 bits per heavy atom. The molecule has 1 aliphatic rings. The van der Waals surface area contributed by atoms with Crippen molar-refractivity contribution in [3.8, 4) is 17.2 Å². The second kappa shape index (κ2) is 16.5. The van der Waals surface area contributed by atoms with Crippen LogP contribution in [0.2, 0.25) is 5.02 Å². The lowest BCUT2D eigenvalue weighted by molar-refractivity contribution is -0.132. The fourth-order valence-corrected chi connectivity index (χ4v) is 7.74. The maximum atomic E-state index is 13.8. The average molecular weight is 742 g/mol. The number of ether oxygens (including phenoxy) is 3. The highest BCUT2D eigenvalue weighted by molar-refractivity contribution is 8.00. The maximum Gasteiger partial charge on any atom is 0.301 e. The first-order chi connectivity index (χ1) is 24.8. The second-order valence-electron chi connectivity index (χ2n) is 11.8. The number of methoxy groups -OCH3 is 1. The second-order valence-corrected chi connectivity index (χ2v) is 14.4. The van der Waals surface area contributed by atoms with Crippen molar-refractivity contribution in [3.63, 3.8) is 0 Å². The Hall–Kier alpha value is -4.84. The van der Waals surface area contributed by atoms with Gasteiger partial charge in [0.1, 0.15) is 18.1 Å². The van der Waals surface area contributed by atoms with Crippen LogP contribution in [-0.2, 0) is 21.9 Å². The van der Waals surface area contributed by atoms with Crippen LogP contribution < -0.4 is 19.1 Å². The van der Waals surface area contributed by atoms with Crippen LogP contribution in [0.5, 0.6) is 17.2 Å². The van der Waals surface area contributed by atoms with E-state index < -0.39 is 17.7 Å². The minimum absolute atomic E-state index is 0.0874. The van der Waals surface area contributed by atoms with E-state index in [0.29, 0.717) is 56.7 Å². The number of amides is 1. The first kappa shape index (κ1) is 36.0. The number of aryl methyl sites for hydroxylation is 1. The van der Waals surface area contributed by atoms with Gasteiger partial charge in [-0.15, -0.1) is 10.2 Å². The number of aromatic nitrogens is 2. The Morgan fingerprint density at radius 2 is 1.76 bits per heavy atom. The van der Waals surface area contributed by atoms with E-state index in [2.05, 4.69) is 23.2 Å². The van der Waals surface area contributed by atoms with Gasteiger partial charge < -0.3 is 19.3 Å². The van der Waals surface area contributed by atoms with Crippen LogP contribution >= 0.6 is 34.7 Å². The molecule has 1 aromatic heterocycles. The molecule has 12 heteroatoms. The topological polar surface area (TPSA) is 111 Å². The highest BCUT2D eigenvalue weighted by Crippen LogP contribution is 2.46. The Kier molecular flexibility index (Phi) is 11.6. The molecule has 0 radical (unpaired) electrons. The predicted molar refractivity (Wildman–Crippen MR) is 201 cm³/mol. The average Bonchev–Trinajstić information content (AvgIpc) is 3.71. The molecule has 6 rings (SSSR count). The van der Waals surface area contributed by atoms with Gasteiger partial charge in [-0.3, -0.25) is 14.5 Å². The van der Waals surface area contributed by atoms with Crippen LogP contribution in [0.1, 0.15) is 53.6 Å². The van der Waals surface area contributed by atoms with E-state index in [-0.39, 0.29) is 16.5 Å². The Morgan fingerprint density at radius 3 is 2.51 bits per heavy atom. The monoisotopic (exact) mass is 741 g/mol. The number of anilines is 1. The van der Waals surface area contributed by atoms with Crippen LogP contribution in [0.15, 0.2) is 101 Å². The summed E-state index contributed by atoms with van der Waals surface area (Å²) in [6.45, 7) is 4.98. The molecule has 1 atom stereocenters.